The first-order chi connectivity index (χ1) is 6.93. The molecule has 3 heterocycles. The second-order valence-corrected chi connectivity index (χ2v) is 4.79. The standard InChI is InChI=1S/C9H9N3S2/c1-2-14-9-6(1)12-7(3-10-9)8-4-13-5-11-8/h1-2,4-5,7,10,12H,3H2. The number of hydrogen-bond donors (Lipinski definition) is 2. The van der Waals surface area contributed by atoms with Gasteiger partial charge in [-0.1, -0.05) is 0 Å². The molecule has 0 amide bonds. The number of thiophene rings is 1. The molecule has 1 aliphatic heterocycles. The monoisotopic (exact) mass is 223 g/mol. The summed E-state index contributed by atoms with van der Waals surface area (Å²) in [5, 5.41) is 12.3. The normalized spacial score (nSPS) is 19.6. The molecule has 2 N–H and O–H groups in total. The number of hydrogen-bond acceptors (Lipinski definition) is 5. The molecule has 0 aromatic carbocycles. The first-order valence-electron chi connectivity index (χ1n) is 4.39. The summed E-state index contributed by atoms with van der Waals surface area (Å²) in [5.74, 6) is 0. The largest absolute Gasteiger partial charge is 0.373 e. The molecule has 0 fully saturated rings. The quantitative estimate of drug-likeness (QED) is 0.780. The van der Waals surface area contributed by atoms with Crippen molar-refractivity contribution in [2.24, 2.45) is 0 Å². The van der Waals surface area contributed by atoms with Gasteiger partial charge in [-0.25, -0.2) is 4.98 Å². The van der Waals surface area contributed by atoms with Crippen molar-refractivity contribution in [2.45, 2.75) is 6.04 Å². The maximum absolute atomic E-state index is 4.32. The Morgan fingerprint density at radius 3 is 3.36 bits per heavy atom. The minimum atomic E-state index is 0.309. The fraction of sp³-hybridized carbons (Fsp3) is 0.222. The number of anilines is 2. The van der Waals surface area contributed by atoms with Gasteiger partial charge in [0.2, 0.25) is 0 Å². The zero-order valence-corrected chi connectivity index (χ0v) is 8.99. The van der Waals surface area contributed by atoms with Crippen LogP contribution in [0, 0.1) is 0 Å². The summed E-state index contributed by atoms with van der Waals surface area (Å²) in [6, 6.07) is 2.41. The van der Waals surface area contributed by atoms with E-state index in [0.29, 0.717) is 6.04 Å². The number of nitrogens with one attached hydrogen (secondary N) is 2. The van der Waals surface area contributed by atoms with Crippen LogP contribution < -0.4 is 10.6 Å². The molecule has 2 aromatic rings. The van der Waals surface area contributed by atoms with Crippen molar-refractivity contribution in [2.75, 3.05) is 17.2 Å². The van der Waals surface area contributed by atoms with Crippen LogP contribution in [-0.4, -0.2) is 11.5 Å². The Hall–Kier alpha value is -1.07. The van der Waals surface area contributed by atoms with Crippen molar-refractivity contribution in [3.8, 4) is 0 Å². The van der Waals surface area contributed by atoms with Crippen LogP contribution in [0.5, 0.6) is 0 Å². The smallest absolute Gasteiger partial charge is 0.112 e. The van der Waals surface area contributed by atoms with Crippen molar-refractivity contribution >= 4 is 33.4 Å². The van der Waals surface area contributed by atoms with Crippen LogP contribution in [0.15, 0.2) is 22.3 Å². The first-order valence-corrected chi connectivity index (χ1v) is 6.22. The molecule has 1 unspecified atom stereocenters. The lowest BCUT2D eigenvalue weighted by Crippen LogP contribution is -2.24. The average molecular weight is 223 g/mol. The topological polar surface area (TPSA) is 37.0 Å². The van der Waals surface area contributed by atoms with Gasteiger partial charge in [-0.05, 0) is 11.4 Å². The predicted octanol–water partition coefficient (Wildman–Crippen LogP) is 2.78. The maximum Gasteiger partial charge on any atom is 0.112 e. The number of rotatable bonds is 1. The molecule has 3 nitrogen and oxygen atoms in total. The lowest BCUT2D eigenvalue weighted by atomic mass is 10.2. The molecule has 2 aromatic heterocycles. The molecule has 3 rings (SSSR count). The summed E-state index contributed by atoms with van der Waals surface area (Å²) in [6.45, 7) is 0.914. The lowest BCUT2D eigenvalue weighted by Gasteiger charge is -2.24. The molecular weight excluding hydrogens is 214 g/mol. The number of thiazole rings is 1. The maximum atomic E-state index is 4.32. The summed E-state index contributed by atoms with van der Waals surface area (Å²) >= 11 is 3.37. The van der Waals surface area contributed by atoms with E-state index in [0.717, 1.165) is 12.2 Å². The Balaban J connectivity index is 1.88. The number of fused-ring (bicyclic) bond motifs is 1. The Kier molecular flexibility index (Phi) is 1.92. The molecule has 1 aliphatic rings. The Morgan fingerprint density at radius 2 is 2.50 bits per heavy atom. The zero-order chi connectivity index (χ0) is 9.38. The number of aromatic nitrogens is 1. The fourth-order valence-electron chi connectivity index (χ4n) is 1.57. The zero-order valence-electron chi connectivity index (χ0n) is 7.36. The Labute approximate surface area is 89.8 Å². The molecule has 0 saturated heterocycles. The minimum Gasteiger partial charge on any atom is -0.373 e. The van der Waals surface area contributed by atoms with E-state index in [9.17, 15) is 0 Å². The summed E-state index contributed by atoms with van der Waals surface area (Å²) in [7, 11) is 0. The van der Waals surface area contributed by atoms with Gasteiger partial charge in [-0.15, -0.1) is 22.7 Å². The van der Waals surface area contributed by atoms with Crippen LogP contribution in [0.2, 0.25) is 0 Å². The molecular formula is C9H9N3S2. The summed E-state index contributed by atoms with van der Waals surface area (Å²) in [4.78, 5) is 4.32. The summed E-state index contributed by atoms with van der Waals surface area (Å²) in [6.07, 6.45) is 0. The molecule has 5 heteroatoms. The third-order valence-corrected chi connectivity index (χ3v) is 3.75. The second-order valence-electron chi connectivity index (χ2n) is 3.15. The van der Waals surface area contributed by atoms with Crippen molar-refractivity contribution in [3.63, 3.8) is 0 Å². The molecule has 0 spiro atoms. The van der Waals surface area contributed by atoms with Crippen molar-refractivity contribution in [1.82, 2.24) is 4.98 Å². The van der Waals surface area contributed by atoms with Gasteiger partial charge >= 0.3 is 0 Å². The van der Waals surface area contributed by atoms with E-state index < -0.39 is 0 Å². The molecule has 0 aliphatic carbocycles. The highest BCUT2D eigenvalue weighted by Crippen LogP contribution is 2.35. The van der Waals surface area contributed by atoms with Gasteiger partial charge in [0.25, 0.3) is 0 Å². The molecule has 1 atom stereocenters. The molecule has 0 radical (unpaired) electrons. The fourth-order valence-corrected chi connectivity index (χ4v) is 2.93. The van der Waals surface area contributed by atoms with E-state index in [1.807, 2.05) is 5.51 Å². The van der Waals surface area contributed by atoms with E-state index in [4.69, 9.17) is 0 Å². The Morgan fingerprint density at radius 1 is 1.50 bits per heavy atom. The Bertz CT molecular complexity index is 421. The van der Waals surface area contributed by atoms with Crippen LogP contribution in [0.1, 0.15) is 11.7 Å². The van der Waals surface area contributed by atoms with Gasteiger partial charge in [0.1, 0.15) is 5.00 Å². The van der Waals surface area contributed by atoms with Gasteiger partial charge in [0.05, 0.1) is 22.9 Å². The van der Waals surface area contributed by atoms with E-state index in [1.165, 1.54) is 10.7 Å². The number of nitrogens with zero attached hydrogens (tertiary/aromatic N) is 1. The first kappa shape index (κ1) is 8.26. The third-order valence-electron chi connectivity index (χ3n) is 2.27. The minimum absolute atomic E-state index is 0.309. The van der Waals surface area contributed by atoms with Crippen LogP contribution in [0.25, 0.3) is 0 Å². The molecule has 72 valence electrons. The van der Waals surface area contributed by atoms with Crippen LogP contribution in [-0.2, 0) is 0 Å². The van der Waals surface area contributed by atoms with Crippen LogP contribution in [0.4, 0.5) is 10.7 Å². The lowest BCUT2D eigenvalue weighted by molar-refractivity contribution is 0.783. The molecule has 0 bridgehead atoms. The second kappa shape index (κ2) is 3.25. The van der Waals surface area contributed by atoms with E-state index in [2.05, 4.69) is 32.4 Å². The molecule has 14 heavy (non-hydrogen) atoms. The van der Waals surface area contributed by atoms with Crippen LogP contribution in [0.3, 0.4) is 0 Å². The van der Waals surface area contributed by atoms with Crippen LogP contribution >= 0.6 is 22.7 Å². The van der Waals surface area contributed by atoms with Crippen molar-refractivity contribution < 1.29 is 0 Å². The third kappa shape index (κ3) is 1.29. The van der Waals surface area contributed by atoms with Gasteiger partial charge in [0.15, 0.2) is 0 Å². The predicted molar refractivity (Wildman–Crippen MR) is 61.3 cm³/mol. The van der Waals surface area contributed by atoms with Gasteiger partial charge in [0, 0.05) is 11.9 Å². The average Bonchev–Trinajstić information content (AvgIpc) is 2.88. The van der Waals surface area contributed by atoms with E-state index in [1.54, 1.807) is 22.7 Å². The SMILES string of the molecule is c1nc(C2CNc3sccc3N2)cs1. The highest BCUT2D eigenvalue weighted by Gasteiger charge is 2.20. The van der Waals surface area contributed by atoms with Crippen molar-refractivity contribution in [1.29, 1.82) is 0 Å². The van der Waals surface area contributed by atoms with E-state index in [-0.39, 0.29) is 0 Å². The summed E-state index contributed by atoms with van der Waals surface area (Å²) in [5.41, 5.74) is 4.19. The highest BCUT2D eigenvalue weighted by molar-refractivity contribution is 7.14. The van der Waals surface area contributed by atoms with Gasteiger partial charge < -0.3 is 10.6 Å². The van der Waals surface area contributed by atoms with E-state index >= 15 is 0 Å². The molecule has 0 saturated carbocycles. The van der Waals surface area contributed by atoms with Crippen molar-refractivity contribution in [3.05, 3.63) is 28.0 Å². The van der Waals surface area contributed by atoms with Gasteiger partial charge in [-0.2, -0.15) is 0 Å². The summed E-state index contributed by atoms with van der Waals surface area (Å²) < 4.78 is 0. The van der Waals surface area contributed by atoms with Gasteiger partial charge in [-0.3, -0.25) is 0 Å². The highest BCUT2D eigenvalue weighted by atomic mass is 32.1.